The minimum atomic E-state index is -3.28. The zero-order chi connectivity index (χ0) is 15.7. The van der Waals surface area contributed by atoms with Crippen LogP contribution in [0.3, 0.4) is 0 Å². The van der Waals surface area contributed by atoms with Gasteiger partial charge in [-0.25, -0.2) is 12.7 Å². The Morgan fingerprint density at radius 1 is 1.29 bits per heavy atom. The van der Waals surface area contributed by atoms with E-state index in [-0.39, 0.29) is 17.1 Å². The first-order chi connectivity index (χ1) is 9.73. The van der Waals surface area contributed by atoms with Gasteiger partial charge >= 0.3 is 5.97 Å². The Morgan fingerprint density at radius 3 is 2.43 bits per heavy atom. The molecule has 2 rings (SSSR count). The molecular formula is C15H27NO4S. The number of hydrogen-bond acceptors (Lipinski definition) is 3. The van der Waals surface area contributed by atoms with Crippen molar-refractivity contribution in [2.75, 3.05) is 18.8 Å². The summed E-state index contributed by atoms with van der Waals surface area (Å²) in [6.45, 7) is 4.61. The highest BCUT2D eigenvalue weighted by atomic mass is 32.2. The molecule has 2 atom stereocenters. The molecule has 0 aromatic rings. The van der Waals surface area contributed by atoms with Crippen molar-refractivity contribution in [1.82, 2.24) is 4.31 Å². The van der Waals surface area contributed by atoms with Crippen molar-refractivity contribution >= 4 is 16.0 Å². The SMILES string of the molecule is CC1CN(S(=O)(=O)CC2(C)CCCCC2)CCC1C(=O)O. The van der Waals surface area contributed by atoms with E-state index >= 15 is 0 Å². The van der Waals surface area contributed by atoms with Gasteiger partial charge in [-0.2, -0.15) is 0 Å². The molecule has 122 valence electrons. The highest BCUT2D eigenvalue weighted by molar-refractivity contribution is 7.89. The van der Waals surface area contributed by atoms with E-state index in [4.69, 9.17) is 5.11 Å². The van der Waals surface area contributed by atoms with Crippen molar-refractivity contribution < 1.29 is 18.3 Å². The number of hydrogen-bond donors (Lipinski definition) is 1. The smallest absolute Gasteiger partial charge is 0.306 e. The molecule has 0 bridgehead atoms. The number of carboxylic acid groups (broad SMARTS) is 1. The fourth-order valence-corrected chi connectivity index (χ4v) is 6.01. The average molecular weight is 317 g/mol. The third-order valence-corrected chi connectivity index (χ3v) is 7.35. The lowest BCUT2D eigenvalue weighted by Gasteiger charge is -2.38. The summed E-state index contributed by atoms with van der Waals surface area (Å²) in [6, 6.07) is 0. The van der Waals surface area contributed by atoms with E-state index in [9.17, 15) is 13.2 Å². The first-order valence-electron chi connectivity index (χ1n) is 7.94. The summed E-state index contributed by atoms with van der Waals surface area (Å²) in [5, 5.41) is 9.13. The second-order valence-corrected chi connectivity index (χ2v) is 9.17. The molecule has 0 aromatic carbocycles. The molecular weight excluding hydrogens is 290 g/mol. The van der Waals surface area contributed by atoms with E-state index in [1.807, 2.05) is 6.92 Å². The molecule has 2 fully saturated rings. The van der Waals surface area contributed by atoms with Gasteiger partial charge in [0.2, 0.25) is 10.0 Å². The van der Waals surface area contributed by atoms with Crippen molar-refractivity contribution in [2.24, 2.45) is 17.3 Å². The number of nitrogens with zero attached hydrogens (tertiary/aromatic N) is 1. The van der Waals surface area contributed by atoms with Crippen LogP contribution in [-0.4, -0.2) is 42.6 Å². The third-order valence-electron chi connectivity index (χ3n) is 5.17. The Bertz CT molecular complexity index is 482. The highest BCUT2D eigenvalue weighted by Gasteiger charge is 2.39. The van der Waals surface area contributed by atoms with E-state index in [1.165, 1.54) is 10.7 Å². The topological polar surface area (TPSA) is 74.7 Å². The van der Waals surface area contributed by atoms with Gasteiger partial charge in [-0.3, -0.25) is 4.79 Å². The molecule has 2 aliphatic rings. The molecule has 0 amide bonds. The van der Waals surface area contributed by atoms with Crippen LogP contribution < -0.4 is 0 Å². The normalized spacial score (nSPS) is 31.0. The van der Waals surface area contributed by atoms with Crippen LogP contribution in [0.2, 0.25) is 0 Å². The van der Waals surface area contributed by atoms with Crippen LogP contribution in [0.5, 0.6) is 0 Å². The number of sulfonamides is 1. The van der Waals surface area contributed by atoms with Gasteiger partial charge < -0.3 is 5.11 Å². The summed E-state index contributed by atoms with van der Waals surface area (Å²) < 4.78 is 26.8. The molecule has 5 nitrogen and oxygen atoms in total. The van der Waals surface area contributed by atoms with Crippen LogP contribution in [0.4, 0.5) is 0 Å². The molecule has 1 heterocycles. The van der Waals surface area contributed by atoms with Crippen LogP contribution in [0.1, 0.15) is 52.4 Å². The van der Waals surface area contributed by atoms with Gasteiger partial charge in [-0.1, -0.05) is 33.1 Å². The van der Waals surface area contributed by atoms with Gasteiger partial charge in [0.25, 0.3) is 0 Å². The van der Waals surface area contributed by atoms with Crippen molar-refractivity contribution in [1.29, 1.82) is 0 Å². The molecule has 21 heavy (non-hydrogen) atoms. The van der Waals surface area contributed by atoms with Crippen LogP contribution in [0.15, 0.2) is 0 Å². The quantitative estimate of drug-likeness (QED) is 0.863. The van der Waals surface area contributed by atoms with Gasteiger partial charge in [0, 0.05) is 13.1 Å². The van der Waals surface area contributed by atoms with Crippen LogP contribution in [0, 0.1) is 17.3 Å². The summed E-state index contributed by atoms with van der Waals surface area (Å²) >= 11 is 0. The average Bonchev–Trinajstić information content (AvgIpc) is 2.37. The summed E-state index contributed by atoms with van der Waals surface area (Å²) in [4.78, 5) is 11.1. The number of carbonyl (C=O) groups is 1. The zero-order valence-electron chi connectivity index (χ0n) is 13.0. The van der Waals surface area contributed by atoms with E-state index < -0.39 is 21.9 Å². The fraction of sp³-hybridized carbons (Fsp3) is 0.933. The Hall–Kier alpha value is -0.620. The molecule has 1 aliphatic heterocycles. The number of aliphatic carboxylic acids is 1. The van der Waals surface area contributed by atoms with E-state index in [0.717, 1.165) is 25.7 Å². The third kappa shape index (κ3) is 3.97. The molecule has 1 N–H and O–H groups in total. The maximum Gasteiger partial charge on any atom is 0.306 e. The van der Waals surface area contributed by atoms with Gasteiger partial charge in [-0.05, 0) is 30.6 Å². The molecule has 0 radical (unpaired) electrons. The van der Waals surface area contributed by atoms with E-state index in [1.54, 1.807) is 0 Å². The summed E-state index contributed by atoms with van der Waals surface area (Å²) in [7, 11) is -3.28. The zero-order valence-corrected chi connectivity index (χ0v) is 13.9. The van der Waals surface area contributed by atoms with Crippen LogP contribution >= 0.6 is 0 Å². The monoisotopic (exact) mass is 317 g/mol. The maximum atomic E-state index is 12.7. The lowest BCUT2D eigenvalue weighted by Crippen LogP contribution is -2.47. The first kappa shape index (κ1) is 16.7. The number of carboxylic acids is 1. The lowest BCUT2D eigenvalue weighted by atomic mass is 9.77. The van der Waals surface area contributed by atoms with Crippen molar-refractivity contribution in [3.63, 3.8) is 0 Å². The van der Waals surface area contributed by atoms with Crippen LogP contribution in [-0.2, 0) is 14.8 Å². The standard InChI is InChI=1S/C15H27NO4S/c1-12-10-16(9-6-13(12)14(17)18)21(19,20)11-15(2)7-4-3-5-8-15/h12-13H,3-11H2,1-2H3,(H,17,18). The number of piperidine rings is 1. The molecule has 1 aliphatic carbocycles. The first-order valence-corrected chi connectivity index (χ1v) is 9.55. The van der Waals surface area contributed by atoms with Gasteiger partial charge in [0.05, 0.1) is 11.7 Å². The van der Waals surface area contributed by atoms with Gasteiger partial charge in [0.15, 0.2) is 0 Å². The minimum absolute atomic E-state index is 0.107. The summed E-state index contributed by atoms with van der Waals surface area (Å²) in [6.07, 6.45) is 5.82. The molecule has 2 unspecified atom stereocenters. The Balaban J connectivity index is 2.02. The fourth-order valence-electron chi connectivity index (χ4n) is 3.81. The highest BCUT2D eigenvalue weighted by Crippen LogP contribution is 2.38. The van der Waals surface area contributed by atoms with Crippen molar-refractivity contribution in [3.05, 3.63) is 0 Å². The Kier molecular flexibility index (Phi) is 4.98. The minimum Gasteiger partial charge on any atom is -0.481 e. The Morgan fingerprint density at radius 2 is 1.90 bits per heavy atom. The largest absolute Gasteiger partial charge is 0.481 e. The molecule has 6 heteroatoms. The van der Waals surface area contributed by atoms with E-state index in [2.05, 4.69) is 6.92 Å². The van der Waals surface area contributed by atoms with Crippen molar-refractivity contribution in [3.8, 4) is 0 Å². The molecule has 0 spiro atoms. The van der Waals surface area contributed by atoms with Gasteiger partial charge in [0.1, 0.15) is 0 Å². The lowest BCUT2D eigenvalue weighted by molar-refractivity contribution is -0.144. The molecule has 1 saturated heterocycles. The number of rotatable bonds is 4. The predicted molar refractivity (Wildman–Crippen MR) is 81.5 cm³/mol. The maximum absolute atomic E-state index is 12.7. The Labute approximate surface area is 127 Å². The van der Waals surface area contributed by atoms with Gasteiger partial charge in [-0.15, -0.1) is 0 Å². The second kappa shape index (κ2) is 6.24. The molecule has 1 saturated carbocycles. The molecule has 0 aromatic heterocycles. The summed E-state index contributed by atoms with van der Waals surface area (Å²) in [5.41, 5.74) is -0.107. The second-order valence-electron chi connectivity index (χ2n) is 7.20. The van der Waals surface area contributed by atoms with E-state index in [0.29, 0.717) is 19.5 Å². The summed E-state index contributed by atoms with van der Waals surface area (Å²) in [5.74, 6) is -1.13. The van der Waals surface area contributed by atoms with Crippen molar-refractivity contribution in [2.45, 2.75) is 52.4 Å². The van der Waals surface area contributed by atoms with Crippen LogP contribution in [0.25, 0.3) is 0 Å². The predicted octanol–water partition coefficient (Wildman–Crippen LogP) is 2.33.